The molecule has 1 aromatic carbocycles. The monoisotopic (exact) mass is 318 g/mol. The van der Waals surface area contributed by atoms with E-state index >= 15 is 0 Å². The quantitative estimate of drug-likeness (QED) is 0.825. The maximum absolute atomic E-state index is 12.3. The highest BCUT2D eigenvalue weighted by Crippen LogP contribution is 2.18. The van der Waals surface area contributed by atoms with Crippen LogP contribution in [-0.4, -0.2) is 24.1 Å². The summed E-state index contributed by atoms with van der Waals surface area (Å²) in [6.45, 7) is 5.96. The fourth-order valence-electron chi connectivity index (χ4n) is 2.52. The van der Waals surface area contributed by atoms with E-state index in [4.69, 9.17) is 9.15 Å². The molecule has 0 spiro atoms. The third-order valence-electron chi connectivity index (χ3n) is 3.62. The largest absolute Gasteiger partial charge is 0.467 e. The average molecular weight is 318 g/mol. The van der Waals surface area contributed by atoms with E-state index in [9.17, 15) is 9.59 Å². The Hall–Kier alpha value is -2.37. The molecule has 1 heterocycles. The van der Waals surface area contributed by atoms with Crippen LogP contribution in [0, 0.1) is 5.92 Å². The summed E-state index contributed by atoms with van der Waals surface area (Å²) in [5.41, 5.74) is 0.987. The summed E-state index contributed by atoms with van der Waals surface area (Å²) < 4.78 is 10.0. The van der Waals surface area contributed by atoms with Gasteiger partial charge in [-0.1, -0.05) is 32.9 Å². The number of aromatic nitrogens is 1. The molecule has 0 bridgehead atoms. The van der Waals surface area contributed by atoms with Crippen molar-refractivity contribution in [3.8, 4) is 0 Å². The van der Waals surface area contributed by atoms with Crippen molar-refractivity contribution in [1.82, 2.24) is 4.98 Å². The molecule has 0 saturated carbocycles. The van der Waals surface area contributed by atoms with Crippen LogP contribution < -0.4 is 10.9 Å². The highest BCUT2D eigenvalue weighted by molar-refractivity contribution is 5.82. The summed E-state index contributed by atoms with van der Waals surface area (Å²) in [4.78, 5) is 28.5. The number of nitrogens with one attached hydrogen (secondary N) is 1. The van der Waals surface area contributed by atoms with E-state index in [0.29, 0.717) is 23.7 Å². The number of hydrogen-bond donors (Lipinski definition) is 1. The molecule has 0 radical (unpaired) electrons. The fourth-order valence-corrected chi connectivity index (χ4v) is 2.52. The number of anilines is 1. The first-order valence-electron chi connectivity index (χ1n) is 7.73. The molecule has 0 aliphatic carbocycles. The van der Waals surface area contributed by atoms with E-state index in [1.165, 1.54) is 7.11 Å². The number of aryl methyl sites for hydroxylation is 1. The van der Waals surface area contributed by atoms with Gasteiger partial charge in [0.25, 0.3) is 6.01 Å². The molecule has 1 N–H and O–H groups in total. The van der Waals surface area contributed by atoms with Crippen molar-refractivity contribution in [3.63, 3.8) is 0 Å². The Bertz CT molecular complexity index is 752. The second kappa shape index (κ2) is 7.26. The minimum Gasteiger partial charge on any atom is -0.467 e. The first kappa shape index (κ1) is 17.0. The Morgan fingerprint density at radius 1 is 1.39 bits per heavy atom. The van der Waals surface area contributed by atoms with Gasteiger partial charge in [0, 0.05) is 0 Å². The van der Waals surface area contributed by atoms with Crippen molar-refractivity contribution in [2.45, 2.75) is 39.7 Å². The van der Waals surface area contributed by atoms with Crippen LogP contribution in [-0.2, 0) is 16.0 Å². The molecular weight excluding hydrogens is 296 g/mol. The summed E-state index contributed by atoms with van der Waals surface area (Å²) in [5.74, 6) is -0.143. The van der Waals surface area contributed by atoms with Gasteiger partial charge in [0.1, 0.15) is 6.04 Å². The van der Waals surface area contributed by atoms with Gasteiger partial charge in [0.05, 0.1) is 18.0 Å². The van der Waals surface area contributed by atoms with Crippen molar-refractivity contribution >= 4 is 22.9 Å². The highest BCUT2D eigenvalue weighted by atomic mass is 16.5. The number of esters is 1. The number of hydrogen-bond acceptors (Lipinski definition) is 6. The first-order chi connectivity index (χ1) is 11.0. The molecule has 0 saturated heterocycles. The van der Waals surface area contributed by atoms with E-state index in [1.807, 2.05) is 32.9 Å². The Labute approximate surface area is 134 Å². The van der Waals surface area contributed by atoms with Crippen molar-refractivity contribution in [2.75, 3.05) is 12.4 Å². The van der Waals surface area contributed by atoms with Crippen molar-refractivity contribution < 1.29 is 13.9 Å². The Kier molecular flexibility index (Phi) is 5.36. The maximum atomic E-state index is 12.3. The van der Waals surface area contributed by atoms with Gasteiger partial charge in [-0.2, -0.15) is 4.98 Å². The lowest BCUT2D eigenvalue weighted by Gasteiger charge is -2.17. The topological polar surface area (TPSA) is 81.4 Å². The number of fused-ring (bicyclic) bond motifs is 1. The van der Waals surface area contributed by atoms with Crippen LogP contribution in [0.1, 0.15) is 32.8 Å². The third kappa shape index (κ3) is 3.88. The van der Waals surface area contributed by atoms with Gasteiger partial charge in [-0.05, 0) is 30.4 Å². The van der Waals surface area contributed by atoms with Gasteiger partial charge >= 0.3 is 11.6 Å². The summed E-state index contributed by atoms with van der Waals surface area (Å²) in [7, 11) is 1.33. The summed E-state index contributed by atoms with van der Waals surface area (Å²) in [6, 6.07) is 4.91. The van der Waals surface area contributed by atoms with E-state index in [1.54, 1.807) is 6.07 Å². The van der Waals surface area contributed by atoms with Gasteiger partial charge in [-0.3, -0.25) is 0 Å². The zero-order valence-electron chi connectivity index (χ0n) is 13.9. The van der Waals surface area contributed by atoms with E-state index < -0.39 is 17.6 Å². The number of carbonyl (C=O) groups excluding carboxylic acids is 1. The lowest BCUT2D eigenvalue weighted by Crippen LogP contribution is -2.32. The van der Waals surface area contributed by atoms with Crippen LogP contribution >= 0.6 is 0 Å². The number of nitrogens with zero attached hydrogens (tertiary/aromatic N) is 1. The standard InChI is InChI=1S/C17H22N2O4/c1-5-11-7-6-8-12-14(11)16(21)23-17(18-12)19-13(9-10(2)3)15(20)22-4/h6-8,10,13H,5,9H2,1-4H3,(H,18,19)/t13-/m0/s1. The fraction of sp³-hybridized carbons (Fsp3) is 0.471. The number of rotatable bonds is 6. The molecule has 23 heavy (non-hydrogen) atoms. The van der Waals surface area contributed by atoms with Gasteiger partial charge in [-0.15, -0.1) is 0 Å². The molecule has 1 atom stereocenters. The second-order valence-electron chi connectivity index (χ2n) is 5.82. The van der Waals surface area contributed by atoms with Crippen molar-refractivity contribution in [1.29, 1.82) is 0 Å². The highest BCUT2D eigenvalue weighted by Gasteiger charge is 2.22. The van der Waals surface area contributed by atoms with E-state index in [0.717, 1.165) is 5.56 Å². The predicted octanol–water partition coefficient (Wildman–Crippen LogP) is 2.75. The van der Waals surface area contributed by atoms with Crippen molar-refractivity contribution in [2.24, 2.45) is 5.92 Å². The molecule has 1 aromatic heterocycles. The van der Waals surface area contributed by atoms with Crippen LogP contribution in [0.15, 0.2) is 27.4 Å². The average Bonchev–Trinajstić information content (AvgIpc) is 2.52. The summed E-state index contributed by atoms with van der Waals surface area (Å²) >= 11 is 0. The van der Waals surface area contributed by atoms with Crippen molar-refractivity contribution in [3.05, 3.63) is 34.2 Å². The van der Waals surface area contributed by atoms with Gasteiger partial charge in [0.15, 0.2) is 0 Å². The van der Waals surface area contributed by atoms with Gasteiger partial charge in [0.2, 0.25) is 0 Å². The predicted molar refractivity (Wildman–Crippen MR) is 88.5 cm³/mol. The maximum Gasteiger partial charge on any atom is 0.348 e. The van der Waals surface area contributed by atoms with E-state index in [-0.39, 0.29) is 11.9 Å². The van der Waals surface area contributed by atoms with Crippen LogP contribution in [0.25, 0.3) is 10.9 Å². The number of carbonyl (C=O) groups is 1. The zero-order chi connectivity index (χ0) is 17.0. The van der Waals surface area contributed by atoms with Crippen LogP contribution in [0.2, 0.25) is 0 Å². The summed E-state index contributed by atoms with van der Waals surface area (Å²) in [6.07, 6.45) is 1.26. The number of benzene rings is 1. The number of ether oxygens (including phenoxy) is 1. The lowest BCUT2D eigenvalue weighted by molar-refractivity contribution is -0.141. The first-order valence-corrected chi connectivity index (χ1v) is 7.73. The Morgan fingerprint density at radius 2 is 2.13 bits per heavy atom. The normalized spacial score (nSPS) is 12.4. The SMILES string of the molecule is CCc1cccc2nc(N[C@@H](CC(C)C)C(=O)OC)oc(=O)c12. The number of methoxy groups -OCH3 is 1. The molecule has 0 amide bonds. The smallest absolute Gasteiger partial charge is 0.348 e. The molecule has 6 heteroatoms. The minimum atomic E-state index is -0.609. The van der Waals surface area contributed by atoms with E-state index in [2.05, 4.69) is 10.3 Å². The second-order valence-corrected chi connectivity index (χ2v) is 5.82. The molecule has 0 fully saturated rings. The molecular formula is C17H22N2O4. The van der Waals surface area contributed by atoms with Gasteiger partial charge < -0.3 is 14.5 Å². The molecule has 6 nitrogen and oxygen atoms in total. The Morgan fingerprint density at radius 3 is 2.74 bits per heavy atom. The minimum absolute atomic E-state index is 0.0341. The Balaban J connectivity index is 2.40. The molecule has 2 aromatic rings. The van der Waals surface area contributed by atoms with Crippen LogP contribution in [0.4, 0.5) is 6.01 Å². The molecule has 124 valence electrons. The van der Waals surface area contributed by atoms with Gasteiger partial charge in [-0.25, -0.2) is 9.59 Å². The third-order valence-corrected chi connectivity index (χ3v) is 3.62. The molecule has 2 rings (SSSR count). The molecule has 0 unspecified atom stereocenters. The van der Waals surface area contributed by atoms with Crippen LogP contribution in [0.5, 0.6) is 0 Å². The molecule has 0 aliphatic heterocycles. The zero-order valence-corrected chi connectivity index (χ0v) is 13.9. The van der Waals surface area contributed by atoms with Crippen LogP contribution in [0.3, 0.4) is 0 Å². The summed E-state index contributed by atoms with van der Waals surface area (Å²) in [5, 5.41) is 3.36. The molecule has 0 aliphatic rings. The lowest BCUT2D eigenvalue weighted by atomic mass is 10.0.